The van der Waals surface area contributed by atoms with Crippen LogP contribution in [-0.4, -0.2) is 29.6 Å². The molecule has 82 valence electrons. The van der Waals surface area contributed by atoms with E-state index in [2.05, 4.69) is 15.8 Å². The van der Waals surface area contributed by atoms with Gasteiger partial charge in [0.25, 0.3) is 0 Å². The molecule has 7 nitrogen and oxygen atoms in total. The minimum absolute atomic E-state index is 0.193. The Kier molecular flexibility index (Phi) is 2.57. The molecule has 1 aliphatic rings. The number of amides is 1. The molecule has 1 aliphatic heterocycles. The number of aromatic nitrogens is 1. The van der Waals surface area contributed by atoms with Crippen molar-refractivity contribution in [2.45, 2.75) is 13.0 Å². The molecule has 0 saturated carbocycles. The molecule has 2 heterocycles. The molecular weight excluding hydrogens is 202 g/mol. The molecular formula is C8H11N3O4. The van der Waals surface area contributed by atoms with Gasteiger partial charge < -0.3 is 14.4 Å². The zero-order valence-corrected chi connectivity index (χ0v) is 8.11. The maximum atomic E-state index is 10.4. The lowest BCUT2D eigenvalue weighted by Crippen LogP contribution is -2.10. The van der Waals surface area contributed by atoms with Crippen LogP contribution in [0.15, 0.2) is 4.52 Å². The van der Waals surface area contributed by atoms with E-state index in [1.165, 1.54) is 0 Å². The zero-order valence-electron chi connectivity index (χ0n) is 8.11. The lowest BCUT2D eigenvalue weighted by atomic mass is 10.2. The van der Waals surface area contributed by atoms with Crippen molar-refractivity contribution < 1.29 is 19.2 Å². The standard InChI is InChI=1S/C8H11N3O4/c1-4-6(5-2-9-3-14-5)15-11-7(4)10-8(12)13/h5,9H,2-3H2,1H3,(H,10,11)(H,12,13). The second-order valence-electron chi connectivity index (χ2n) is 3.20. The molecule has 1 saturated heterocycles. The number of carbonyl (C=O) groups is 1. The highest BCUT2D eigenvalue weighted by Gasteiger charge is 2.25. The van der Waals surface area contributed by atoms with Crippen LogP contribution in [0.4, 0.5) is 10.6 Å². The number of anilines is 1. The molecule has 2 rings (SSSR count). The Morgan fingerprint density at radius 3 is 3.13 bits per heavy atom. The highest BCUT2D eigenvalue weighted by molar-refractivity contribution is 5.82. The Bertz CT molecular complexity index is 370. The van der Waals surface area contributed by atoms with Crippen LogP contribution in [0, 0.1) is 6.92 Å². The fourth-order valence-electron chi connectivity index (χ4n) is 1.44. The summed E-state index contributed by atoms with van der Waals surface area (Å²) in [5.74, 6) is 0.775. The Morgan fingerprint density at radius 2 is 2.53 bits per heavy atom. The van der Waals surface area contributed by atoms with Gasteiger partial charge in [0.15, 0.2) is 11.6 Å². The maximum Gasteiger partial charge on any atom is 0.410 e. The van der Waals surface area contributed by atoms with Gasteiger partial charge in [-0.2, -0.15) is 0 Å². The molecule has 0 bridgehead atoms. The van der Waals surface area contributed by atoms with Crippen molar-refractivity contribution in [2.24, 2.45) is 0 Å². The van der Waals surface area contributed by atoms with Crippen LogP contribution in [0.2, 0.25) is 0 Å². The van der Waals surface area contributed by atoms with Gasteiger partial charge in [0.05, 0.1) is 6.73 Å². The smallest absolute Gasteiger partial charge is 0.410 e. The molecule has 15 heavy (non-hydrogen) atoms. The van der Waals surface area contributed by atoms with Crippen molar-refractivity contribution in [1.29, 1.82) is 0 Å². The van der Waals surface area contributed by atoms with E-state index < -0.39 is 6.09 Å². The highest BCUT2D eigenvalue weighted by atomic mass is 16.5. The van der Waals surface area contributed by atoms with Crippen LogP contribution in [0.5, 0.6) is 0 Å². The molecule has 3 N–H and O–H groups in total. The second kappa shape index (κ2) is 3.87. The molecule has 0 spiro atoms. The van der Waals surface area contributed by atoms with E-state index in [0.29, 0.717) is 24.6 Å². The van der Waals surface area contributed by atoms with Gasteiger partial charge in [-0.15, -0.1) is 0 Å². The zero-order chi connectivity index (χ0) is 10.8. The average Bonchev–Trinajstić information content (AvgIpc) is 2.76. The van der Waals surface area contributed by atoms with E-state index >= 15 is 0 Å². The molecule has 1 aromatic heterocycles. The minimum Gasteiger partial charge on any atom is -0.465 e. The van der Waals surface area contributed by atoms with Crippen LogP contribution in [0.3, 0.4) is 0 Å². The summed E-state index contributed by atoms with van der Waals surface area (Å²) < 4.78 is 10.4. The topological polar surface area (TPSA) is 96.6 Å². The first-order valence-electron chi connectivity index (χ1n) is 4.47. The third kappa shape index (κ3) is 1.92. The summed E-state index contributed by atoms with van der Waals surface area (Å²) in [5.41, 5.74) is 0.658. The Morgan fingerprint density at radius 1 is 1.73 bits per heavy atom. The van der Waals surface area contributed by atoms with Gasteiger partial charge in [0.1, 0.15) is 6.10 Å². The summed E-state index contributed by atoms with van der Waals surface area (Å²) in [6, 6.07) is 0. The molecule has 1 amide bonds. The predicted molar refractivity (Wildman–Crippen MR) is 49.6 cm³/mol. The van der Waals surface area contributed by atoms with Crippen LogP contribution >= 0.6 is 0 Å². The maximum absolute atomic E-state index is 10.4. The molecule has 1 atom stereocenters. The van der Waals surface area contributed by atoms with E-state index in [4.69, 9.17) is 14.4 Å². The first-order chi connectivity index (χ1) is 7.18. The van der Waals surface area contributed by atoms with E-state index in [0.717, 1.165) is 0 Å². The van der Waals surface area contributed by atoms with Gasteiger partial charge in [-0.25, -0.2) is 4.79 Å². The number of nitrogens with zero attached hydrogens (tertiary/aromatic N) is 1. The first-order valence-corrected chi connectivity index (χ1v) is 4.47. The minimum atomic E-state index is -1.16. The Balaban J connectivity index is 2.18. The first kappa shape index (κ1) is 9.94. The van der Waals surface area contributed by atoms with E-state index in [-0.39, 0.29) is 11.9 Å². The van der Waals surface area contributed by atoms with Crippen molar-refractivity contribution in [1.82, 2.24) is 10.5 Å². The van der Waals surface area contributed by atoms with Gasteiger partial charge in [-0.1, -0.05) is 5.16 Å². The second-order valence-corrected chi connectivity index (χ2v) is 3.20. The summed E-state index contributed by atoms with van der Waals surface area (Å²) in [6.45, 7) is 2.84. The van der Waals surface area contributed by atoms with Gasteiger partial charge in [0, 0.05) is 12.1 Å². The van der Waals surface area contributed by atoms with Gasteiger partial charge in [0.2, 0.25) is 0 Å². The third-order valence-corrected chi connectivity index (χ3v) is 2.19. The summed E-state index contributed by atoms with van der Waals surface area (Å²) in [6.07, 6.45) is -1.36. The molecule has 0 radical (unpaired) electrons. The van der Waals surface area contributed by atoms with Crippen molar-refractivity contribution >= 4 is 11.9 Å². The monoisotopic (exact) mass is 213 g/mol. The Labute approximate surface area is 85.4 Å². The van der Waals surface area contributed by atoms with E-state index in [1.807, 2.05) is 0 Å². The third-order valence-electron chi connectivity index (χ3n) is 2.19. The van der Waals surface area contributed by atoms with E-state index in [9.17, 15) is 4.79 Å². The number of hydrogen-bond donors (Lipinski definition) is 3. The van der Waals surface area contributed by atoms with Crippen molar-refractivity contribution in [3.8, 4) is 0 Å². The van der Waals surface area contributed by atoms with Crippen LogP contribution in [0.1, 0.15) is 17.4 Å². The van der Waals surface area contributed by atoms with Crippen molar-refractivity contribution in [3.63, 3.8) is 0 Å². The van der Waals surface area contributed by atoms with Gasteiger partial charge in [-0.05, 0) is 6.92 Å². The lowest BCUT2D eigenvalue weighted by Gasteiger charge is -2.03. The number of hydrogen-bond acceptors (Lipinski definition) is 5. The molecule has 0 aliphatic carbocycles. The molecule has 1 aromatic rings. The molecule has 1 unspecified atom stereocenters. The van der Waals surface area contributed by atoms with Crippen LogP contribution in [0.25, 0.3) is 0 Å². The number of carboxylic acid groups (broad SMARTS) is 1. The normalized spacial score (nSPS) is 20.5. The van der Waals surface area contributed by atoms with Crippen molar-refractivity contribution in [2.75, 3.05) is 18.6 Å². The largest absolute Gasteiger partial charge is 0.465 e. The number of nitrogens with one attached hydrogen (secondary N) is 2. The SMILES string of the molecule is Cc1c(NC(=O)O)noc1C1CNCO1. The van der Waals surface area contributed by atoms with E-state index in [1.54, 1.807) is 6.92 Å². The van der Waals surface area contributed by atoms with Crippen molar-refractivity contribution in [3.05, 3.63) is 11.3 Å². The summed E-state index contributed by atoms with van der Waals surface area (Å²) in [4.78, 5) is 10.4. The highest BCUT2D eigenvalue weighted by Crippen LogP contribution is 2.27. The predicted octanol–water partition coefficient (Wildman–Crippen LogP) is 0.691. The fraction of sp³-hybridized carbons (Fsp3) is 0.500. The molecule has 0 aromatic carbocycles. The molecule has 1 fully saturated rings. The average molecular weight is 213 g/mol. The quantitative estimate of drug-likeness (QED) is 0.668. The Hall–Kier alpha value is -1.60. The fourth-order valence-corrected chi connectivity index (χ4v) is 1.44. The van der Waals surface area contributed by atoms with Crippen LogP contribution in [-0.2, 0) is 4.74 Å². The lowest BCUT2D eigenvalue weighted by molar-refractivity contribution is 0.0906. The summed E-state index contributed by atoms with van der Waals surface area (Å²) >= 11 is 0. The number of rotatable bonds is 2. The number of ether oxygens (including phenoxy) is 1. The summed E-state index contributed by atoms with van der Waals surface area (Å²) in [5, 5.41) is 17.3. The molecule has 7 heteroatoms. The van der Waals surface area contributed by atoms with Gasteiger partial charge >= 0.3 is 6.09 Å². The summed E-state index contributed by atoms with van der Waals surface area (Å²) in [7, 11) is 0. The van der Waals surface area contributed by atoms with Gasteiger partial charge in [-0.3, -0.25) is 10.6 Å². The van der Waals surface area contributed by atoms with Crippen LogP contribution < -0.4 is 10.6 Å².